The number of carbonyl (C=O) groups is 1. The van der Waals surface area contributed by atoms with E-state index in [1.165, 1.54) is 0 Å². The molecule has 0 aliphatic rings. The maximum Gasteiger partial charge on any atom is 0.139 e. The van der Waals surface area contributed by atoms with Crippen molar-refractivity contribution < 1.29 is 4.79 Å². The van der Waals surface area contributed by atoms with Crippen LogP contribution >= 0.6 is 0 Å². The van der Waals surface area contributed by atoms with Crippen molar-refractivity contribution in [1.29, 1.82) is 0 Å². The van der Waals surface area contributed by atoms with E-state index in [0.717, 1.165) is 6.29 Å². The highest BCUT2D eigenvalue weighted by Crippen LogP contribution is 1.88. The molecule has 1 N–H and O–H groups in total. The molecule has 0 aromatic heterocycles. The Labute approximate surface area is 79.3 Å². The van der Waals surface area contributed by atoms with E-state index in [2.05, 4.69) is 10.3 Å². The molecule has 0 radical (unpaired) electrons. The molecule has 74 valence electrons. The van der Waals surface area contributed by atoms with Gasteiger partial charge in [0, 0.05) is 19.3 Å². The van der Waals surface area contributed by atoms with Gasteiger partial charge in [-0.25, -0.2) is 0 Å². The van der Waals surface area contributed by atoms with E-state index in [1.54, 1.807) is 18.3 Å². The second-order valence-corrected chi connectivity index (χ2v) is 2.66. The summed E-state index contributed by atoms with van der Waals surface area (Å²) in [6.07, 6.45) is 6.26. The lowest BCUT2D eigenvalue weighted by Gasteiger charge is -2.11. The number of aliphatic imine (C=N–C) groups is 1. The fourth-order valence-corrected chi connectivity index (χ4v) is 0.717. The summed E-state index contributed by atoms with van der Waals surface area (Å²) in [4.78, 5) is 15.8. The van der Waals surface area contributed by atoms with Crippen LogP contribution in [0.2, 0.25) is 0 Å². The number of likely N-dealkylation sites (N-methyl/N-ethyl adjacent to an activating group) is 1. The number of hydrogen-bond donors (Lipinski definition) is 1. The zero-order valence-corrected chi connectivity index (χ0v) is 8.40. The van der Waals surface area contributed by atoms with E-state index >= 15 is 0 Å². The molecule has 0 aliphatic heterocycles. The molecule has 4 nitrogen and oxygen atoms in total. The minimum atomic E-state index is 0.291. The molecular formula is C9H17N3O. The van der Waals surface area contributed by atoms with Crippen molar-refractivity contribution >= 4 is 12.6 Å². The number of rotatable bonds is 6. The van der Waals surface area contributed by atoms with Crippen LogP contribution in [0, 0.1) is 0 Å². The van der Waals surface area contributed by atoms with Crippen LogP contribution in [0.25, 0.3) is 0 Å². The van der Waals surface area contributed by atoms with Gasteiger partial charge in [0.15, 0.2) is 0 Å². The van der Waals surface area contributed by atoms with Gasteiger partial charge >= 0.3 is 0 Å². The van der Waals surface area contributed by atoms with E-state index in [0.29, 0.717) is 12.6 Å². The average molecular weight is 183 g/mol. The first-order valence-corrected chi connectivity index (χ1v) is 4.21. The van der Waals surface area contributed by atoms with E-state index in [1.807, 2.05) is 26.2 Å². The molecule has 13 heavy (non-hydrogen) atoms. The normalized spacial score (nSPS) is 13.8. The van der Waals surface area contributed by atoms with Gasteiger partial charge in [0.05, 0.1) is 12.9 Å². The van der Waals surface area contributed by atoms with Crippen molar-refractivity contribution in [2.45, 2.75) is 13.0 Å². The van der Waals surface area contributed by atoms with Crippen molar-refractivity contribution in [2.24, 2.45) is 4.99 Å². The summed E-state index contributed by atoms with van der Waals surface area (Å²) in [5.74, 6) is 0. The maximum absolute atomic E-state index is 10.3. The Bertz CT molecular complexity index is 189. The number of aldehydes is 1. The minimum Gasteiger partial charge on any atom is -0.333 e. The zero-order valence-electron chi connectivity index (χ0n) is 8.40. The third-order valence-corrected chi connectivity index (χ3v) is 1.57. The topological polar surface area (TPSA) is 44.7 Å². The Morgan fingerprint density at radius 1 is 1.62 bits per heavy atom. The number of hydrogen-bond acceptors (Lipinski definition) is 3. The smallest absolute Gasteiger partial charge is 0.139 e. The molecule has 0 amide bonds. The van der Waals surface area contributed by atoms with E-state index in [-0.39, 0.29) is 0 Å². The Kier molecular flexibility index (Phi) is 6.82. The van der Waals surface area contributed by atoms with Gasteiger partial charge in [0.25, 0.3) is 0 Å². The highest BCUT2D eigenvalue weighted by Gasteiger charge is 1.94. The van der Waals surface area contributed by atoms with Gasteiger partial charge < -0.3 is 15.0 Å². The molecule has 1 atom stereocenters. The maximum atomic E-state index is 10.3. The molecule has 0 aromatic carbocycles. The lowest BCUT2D eigenvalue weighted by atomic mass is 10.3. The summed E-state index contributed by atoms with van der Waals surface area (Å²) >= 11 is 0. The molecular weight excluding hydrogens is 166 g/mol. The Hall–Kier alpha value is -1.16. The standard InChI is InChI=1S/C9H17N3O/c1-9(11-3)4-5-12(6-7-13)8-10-2/h4-5,7-9,11H,6H2,1-3H3/b5-4+,10-8?. The van der Waals surface area contributed by atoms with Crippen LogP contribution in [-0.2, 0) is 4.79 Å². The predicted octanol–water partition coefficient (Wildman–Crippen LogP) is 0.267. The van der Waals surface area contributed by atoms with Crippen LogP contribution < -0.4 is 5.32 Å². The van der Waals surface area contributed by atoms with Gasteiger partial charge in [-0.2, -0.15) is 0 Å². The SMILES string of the molecule is CN=CN(/C=C/C(C)NC)CC=O. The number of carbonyl (C=O) groups excluding carboxylic acids is 1. The summed E-state index contributed by atoms with van der Waals surface area (Å²) in [6, 6.07) is 0.291. The van der Waals surface area contributed by atoms with Gasteiger partial charge in [-0.1, -0.05) is 6.08 Å². The molecule has 0 fully saturated rings. The van der Waals surface area contributed by atoms with E-state index in [9.17, 15) is 4.79 Å². The van der Waals surface area contributed by atoms with Crippen LogP contribution in [-0.4, -0.2) is 44.2 Å². The molecule has 0 aliphatic carbocycles. The van der Waals surface area contributed by atoms with Crippen LogP contribution in [0.15, 0.2) is 17.3 Å². The van der Waals surface area contributed by atoms with Crippen LogP contribution in [0.4, 0.5) is 0 Å². The molecule has 0 bridgehead atoms. The number of nitrogens with one attached hydrogen (secondary N) is 1. The second kappa shape index (κ2) is 7.49. The summed E-state index contributed by atoms with van der Waals surface area (Å²) in [7, 11) is 3.56. The van der Waals surface area contributed by atoms with Gasteiger partial charge in [0.2, 0.25) is 0 Å². The Balaban J connectivity index is 4.06. The molecule has 0 saturated carbocycles. The summed E-state index contributed by atoms with van der Waals surface area (Å²) in [5, 5.41) is 3.06. The predicted molar refractivity (Wildman–Crippen MR) is 54.8 cm³/mol. The zero-order chi connectivity index (χ0) is 10.1. The van der Waals surface area contributed by atoms with Crippen LogP contribution in [0.1, 0.15) is 6.92 Å². The molecule has 0 heterocycles. The first-order valence-electron chi connectivity index (χ1n) is 4.21. The number of nitrogens with zero attached hydrogens (tertiary/aromatic N) is 2. The second-order valence-electron chi connectivity index (χ2n) is 2.66. The summed E-state index contributed by atoms with van der Waals surface area (Å²) in [5.41, 5.74) is 0. The molecule has 0 rings (SSSR count). The van der Waals surface area contributed by atoms with Crippen molar-refractivity contribution in [1.82, 2.24) is 10.2 Å². The Morgan fingerprint density at radius 3 is 2.77 bits per heavy atom. The first-order chi connectivity index (χ1) is 6.24. The van der Waals surface area contributed by atoms with Gasteiger partial charge in [-0.05, 0) is 14.0 Å². The van der Waals surface area contributed by atoms with Crippen molar-refractivity contribution in [3.8, 4) is 0 Å². The van der Waals surface area contributed by atoms with Crippen molar-refractivity contribution in [2.75, 3.05) is 20.6 Å². The van der Waals surface area contributed by atoms with Gasteiger partial charge in [-0.15, -0.1) is 0 Å². The summed E-state index contributed by atoms with van der Waals surface area (Å²) in [6.45, 7) is 2.36. The van der Waals surface area contributed by atoms with Crippen molar-refractivity contribution in [3.05, 3.63) is 12.3 Å². The van der Waals surface area contributed by atoms with E-state index in [4.69, 9.17) is 0 Å². The quantitative estimate of drug-likeness (QED) is 0.365. The molecule has 0 saturated heterocycles. The summed E-state index contributed by atoms with van der Waals surface area (Å²) < 4.78 is 0. The van der Waals surface area contributed by atoms with Crippen LogP contribution in [0.3, 0.4) is 0 Å². The highest BCUT2D eigenvalue weighted by atomic mass is 16.1. The van der Waals surface area contributed by atoms with Gasteiger partial charge in [0.1, 0.15) is 6.29 Å². The fourth-order valence-electron chi connectivity index (χ4n) is 0.717. The van der Waals surface area contributed by atoms with Crippen molar-refractivity contribution in [3.63, 3.8) is 0 Å². The third kappa shape index (κ3) is 6.04. The highest BCUT2D eigenvalue weighted by molar-refractivity contribution is 5.63. The lowest BCUT2D eigenvalue weighted by molar-refractivity contribution is -0.107. The molecule has 0 spiro atoms. The van der Waals surface area contributed by atoms with Gasteiger partial charge in [-0.3, -0.25) is 4.99 Å². The molecule has 1 unspecified atom stereocenters. The van der Waals surface area contributed by atoms with Crippen LogP contribution in [0.5, 0.6) is 0 Å². The monoisotopic (exact) mass is 183 g/mol. The minimum absolute atomic E-state index is 0.291. The average Bonchev–Trinajstić information content (AvgIpc) is 2.14. The lowest BCUT2D eigenvalue weighted by Crippen LogP contribution is -2.22. The Morgan fingerprint density at radius 2 is 2.31 bits per heavy atom. The molecule has 4 heteroatoms. The third-order valence-electron chi connectivity index (χ3n) is 1.57. The first kappa shape index (κ1) is 11.8. The molecule has 0 aromatic rings. The van der Waals surface area contributed by atoms with E-state index < -0.39 is 0 Å². The largest absolute Gasteiger partial charge is 0.333 e. The fraction of sp³-hybridized carbons (Fsp3) is 0.556.